The highest BCUT2D eigenvalue weighted by atomic mass is 15.4. The SMILES string of the molecule is N#Cc1c(N)nn(-c2ccncn2)c1N. The van der Waals surface area contributed by atoms with Gasteiger partial charge in [-0.05, 0) is 0 Å². The van der Waals surface area contributed by atoms with E-state index in [0.717, 1.165) is 0 Å². The van der Waals surface area contributed by atoms with Gasteiger partial charge in [-0.15, -0.1) is 5.10 Å². The Kier molecular flexibility index (Phi) is 1.95. The molecule has 0 saturated heterocycles. The first kappa shape index (κ1) is 8.96. The molecule has 0 aliphatic carbocycles. The monoisotopic (exact) mass is 201 g/mol. The van der Waals surface area contributed by atoms with Crippen LogP contribution in [0.25, 0.3) is 5.82 Å². The van der Waals surface area contributed by atoms with E-state index in [2.05, 4.69) is 15.1 Å². The molecule has 2 aromatic rings. The van der Waals surface area contributed by atoms with E-state index in [1.165, 1.54) is 11.0 Å². The molecule has 7 heteroatoms. The molecule has 2 heterocycles. The summed E-state index contributed by atoms with van der Waals surface area (Å²) in [5.41, 5.74) is 11.4. The zero-order valence-corrected chi connectivity index (χ0v) is 7.62. The number of anilines is 2. The molecule has 0 saturated carbocycles. The summed E-state index contributed by atoms with van der Waals surface area (Å²) in [4.78, 5) is 7.70. The van der Waals surface area contributed by atoms with Crippen molar-refractivity contribution in [3.05, 3.63) is 24.2 Å². The van der Waals surface area contributed by atoms with Crippen LogP contribution < -0.4 is 11.5 Å². The van der Waals surface area contributed by atoms with Crippen LogP contribution in [0, 0.1) is 11.3 Å². The lowest BCUT2D eigenvalue weighted by Crippen LogP contribution is -2.04. The Morgan fingerprint density at radius 2 is 2.20 bits per heavy atom. The number of rotatable bonds is 1. The van der Waals surface area contributed by atoms with E-state index in [9.17, 15) is 0 Å². The highest BCUT2D eigenvalue weighted by Crippen LogP contribution is 2.19. The molecule has 2 aromatic heterocycles. The second-order valence-corrected chi connectivity index (χ2v) is 2.74. The predicted octanol–water partition coefficient (Wildman–Crippen LogP) is -0.302. The fourth-order valence-corrected chi connectivity index (χ4v) is 1.15. The summed E-state index contributed by atoms with van der Waals surface area (Å²) < 4.78 is 1.30. The van der Waals surface area contributed by atoms with Crippen LogP contribution >= 0.6 is 0 Å². The van der Waals surface area contributed by atoms with Gasteiger partial charge in [-0.2, -0.15) is 9.94 Å². The van der Waals surface area contributed by atoms with Crippen molar-refractivity contribution >= 4 is 11.6 Å². The van der Waals surface area contributed by atoms with Gasteiger partial charge in [-0.1, -0.05) is 0 Å². The molecular formula is C8H7N7. The van der Waals surface area contributed by atoms with E-state index in [0.29, 0.717) is 5.82 Å². The smallest absolute Gasteiger partial charge is 0.166 e. The van der Waals surface area contributed by atoms with Crippen LogP contribution in [0.3, 0.4) is 0 Å². The van der Waals surface area contributed by atoms with Gasteiger partial charge in [0.2, 0.25) is 0 Å². The minimum absolute atomic E-state index is 0.0913. The molecule has 0 spiro atoms. The van der Waals surface area contributed by atoms with Gasteiger partial charge in [0.05, 0.1) is 0 Å². The summed E-state index contributed by atoms with van der Waals surface area (Å²) in [5.74, 6) is 0.734. The van der Waals surface area contributed by atoms with E-state index in [1.54, 1.807) is 12.3 Å². The molecule has 0 radical (unpaired) electrons. The molecular weight excluding hydrogens is 194 g/mol. The number of aromatic nitrogens is 4. The quantitative estimate of drug-likeness (QED) is 0.653. The van der Waals surface area contributed by atoms with E-state index in [-0.39, 0.29) is 17.2 Å². The molecule has 2 rings (SSSR count). The Morgan fingerprint density at radius 3 is 2.73 bits per heavy atom. The number of hydrogen-bond acceptors (Lipinski definition) is 6. The van der Waals surface area contributed by atoms with Crippen LogP contribution in [0.1, 0.15) is 5.56 Å². The van der Waals surface area contributed by atoms with Crippen molar-refractivity contribution in [2.75, 3.05) is 11.5 Å². The van der Waals surface area contributed by atoms with Crippen LogP contribution in [-0.4, -0.2) is 19.7 Å². The van der Waals surface area contributed by atoms with Crippen LogP contribution in [0.5, 0.6) is 0 Å². The van der Waals surface area contributed by atoms with Gasteiger partial charge >= 0.3 is 0 Å². The molecule has 4 N–H and O–H groups in total. The number of hydrogen-bond donors (Lipinski definition) is 2. The number of nitrogen functional groups attached to an aromatic ring is 2. The Hall–Kier alpha value is -2.62. The van der Waals surface area contributed by atoms with E-state index in [1.807, 2.05) is 6.07 Å². The van der Waals surface area contributed by atoms with E-state index < -0.39 is 0 Å². The van der Waals surface area contributed by atoms with Crippen molar-refractivity contribution in [1.82, 2.24) is 19.7 Å². The third-order valence-electron chi connectivity index (χ3n) is 1.84. The zero-order valence-electron chi connectivity index (χ0n) is 7.62. The van der Waals surface area contributed by atoms with Crippen LogP contribution in [0.15, 0.2) is 18.6 Å². The Morgan fingerprint density at radius 1 is 1.40 bits per heavy atom. The van der Waals surface area contributed by atoms with Gasteiger partial charge in [0.1, 0.15) is 23.8 Å². The minimum atomic E-state index is 0.0913. The highest BCUT2D eigenvalue weighted by molar-refractivity contribution is 5.63. The van der Waals surface area contributed by atoms with Crippen molar-refractivity contribution in [1.29, 1.82) is 5.26 Å². The lowest BCUT2D eigenvalue weighted by molar-refractivity contribution is 0.853. The number of nitriles is 1. The molecule has 7 nitrogen and oxygen atoms in total. The minimum Gasteiger partial charge on any atom is -0.382 e. The second kappa shape index (κ2) is 3.26. The molecule has 0 aliphatic heterocycles. The maximum atomic E-state index is 8.76. The van der Waals surface area contributed by atoms with Crippen molar-refractivity contribution < 1.29 is 0 Å². The highest BCUT2D eigenvalue weighted by Gasteiger charge is 2.14. The first-order valence-corrected chi connectivity index (χ1v) is 4.04. The summed E-state index contributed by atoms with van der Waals surface area (Å²) in [7, 11) is 0. The zero-order chi connectivity index (χ0) is 10.8. The standard InChI is InChI=1S/C8H7N7/c9-3-5-7(10)14-15(8(5)11)6-1-2-12-4-13-6/h1-2,4H,11H2,(H2,10,14). The topological polar surface area (TPSA) is 119 Å². The van der Waals surface area contributed by atoms with Gasteiger partial charge in [-0.25, -0.2) is 9.97 Å². The summed E-state index contributed by atoms with van der Waals surface area (Å²) in [6.45, 7) is 0. The third-order valence-corrected chi connectivity index (χ3v) is 1.84. The molecule has 0 atom stereocenters. The maximum Gasteiger partial charge on any atom is 0.166 e. The molecule has 0 amide bonds. The molecule has 0 fully saturated rings. The average molecular weight is 201 g/mol. The lowest BCUT2D eigenvalue weighted by atomic mass is 10.3. The van der Waals surface area contributed by atoms with Crippen molar-refractivity contribution in [2.24, 2.45) is 0 Å². The third kappa shape index (κ3) is 1.34. The summed E-state index contributed by atoms with van der Waals surface area (Å²) in [6.07, 6.45) is 2.91. The molecule has 74 valence electrons. The van der Waals surface area contributed by atoms with Gasteiger partial charge in [0.25, 0.3) is 0 Å². The first-order valence-electron chi connectivity index (χ1n) is 4.04. The number of nitrogens with two attached hydrogens (primary N) is 2. The van der Waals surface area contributed by atoms with Crippen LogP contribution in [-0.2, 0) is 0 Å². The summed E-state index contributed by atoms with van der Waals surface area (Å²) >= 11 is 0. The maximum absolute atomic E-state index is 8.76. The Bertz CT molecular complexity index is 522. The van der Waals surface area contributed by atoms with Gasteiger partial charge < -0.3 is 11.5 Å². The fourth-order valence-electron chi connectivity index (χ4n) is 1.15. The average Bonchev–Trinajstić information content (AvgIpc) is 2.55. The van der Waals surface area contributed by atoms with Crippen molar-refractivity contribution in [3.8, 4) is 11.9 Å². The molecule has 0 unspecified atom stereocenters. The Labute approximate surface area is 85.0 Å². The molecule has 0 bridgehead atoms. The molecule has 0 aliphatic rings. The first-order chi connectivity index (χ1) is 7.24. The van der Waals surface area contributed by atoms with E-state index in [4.69, 9.17) is 16.7 Å². The van der Waals surface area contributed by atoms with Crippen LogP contribution in [0.2, 0.25) is 0 Å². The van der Waals surface area contributed by atoms with E-state index >= 15 is 0 Å². The molecule has 0 aromatic carbocycles. The normalized spacial score (nSPS) is 9.80. The summed E-state index contributed by atoms with van der Waals surface area (Å²) in [6, 6.07) is 3.49. The van der Waals surface area contributed by atoms with Gasteiger partial charge in [0, 0.05) is 12.3 Å². The van der Waals surface area contributed by atoms with Crippen LogP contribution in [0.4, 0.5) is 11.6 Å². The second-order valence-electron chi connectivity index (χ2n) is 2.74. The van der Waals surface area contributed by atoms with Crippen molar-refractivity contribution in [3.63, 3.8) is 0 Å². The predicted molar refractivity (Wildman–Crippen MR) is 52.7 cm³/mol. The lowest BCUT2D eigenvalue weighted by Gasteiger charge is -2.00. The Balaban J connectivity index is 2.62. The fraction of sp³-hybridized carbons (Fsp3) is 0. The summed E-state index contributed by atoms with van der Waals surface area (Å²) in [5, 5.41) is 12.7. The molecule has 15 heavy (non-hydrogen) atoms. The van der Waals surface area contributed by atoms with Crippen molar-refractivity contribution in [2.45, 2.75) is 0 Å². The largest absolute Gasteiger partial charge is 0.382 e. The van der Waals surface area contributed by atoms with Gasteiger partial charge in [-0.3, -0.25) is 0 Å². The number of nitrogens with zero attached hydrogens (tertiary/aromatic N) is 5. The van der Waals surface area contributed by atoms with Gasteiger partial charge in [0.15, 0.2) is 11.6 Å².